The number of nitrogens with zero attached hydrogens (tertiary/aromatic N) is 2. The van der Waals surface area contributed by atoms with Gasteiger partial charge in [0.15, 0.2) is 0 Å². The van der Waals surface area contributed by atoms with Gasteiger partial charge in [0, 0.05) is 6.08 Å². The average Bonchev–Trinajstić information content (AvgIpc) is 3.16. The summed E-state index contributed by atoms with van der Waals surface area (Å²) in [5.41, 5.74) is 1.88. The molecule has 0 N–H and O–H groups in total. The van der Waals surface area contributed by atoms with E-state index in [-0.39, 0.29) is 16.9 Å². The van der Waals surface area contributed by atoms with Crippen LogP contribution in [0, 0.1) is 0 Å². The Morgan fingerprint density at radius 2 is 1.20 bits per heavy atom. The van der Waals surface area contributed by atoms with Crippen molar-refractivity contribution in [1.29, 1.82) is 0 Å². The molecule has 0 bridgehead atoms. The molecule has 51 heavy (non-hydrogen) atoms. The lowest BCUT2D eigenvalue weighted by Crippen LogP contribution is -2.12. The molecule has 0 unspecified atom stereocenters. The van der Waals surface area contributed by atoms with Gasteiger partial charge in [0.25, 0.3) is 0 Å². The summed E-state index contributed by atoms with van der Waals surface area (Å²) < 4.78 is 31.8. The molecule has 4 aromatic carbocycles. The van der Waals surface area contributed by atoms with Gasteiger partial charge in [-0.15, -0.1) is 0 Å². The number of hydrogen-bond acceptors (Lipinski definition) is 12. The van der Waals surface area contributed by atoms with E-state index < -0.39 is 23.9 Å². The number of esters is 4. The number of hydrogen-bond donors (Lipinski definition) is 0. The predicted molar refractivity (Wildman–Crippen MR) is 189 cm³/mol. The molecule has 12 nitrogen and oxygen atoms in total. The van der Waals surface area contributed by atoms with Crippen molar-refractivity contribution in [2.24, 2.45) is 10.2 Å². The smallest absolute Gasteiger partial charge is 0.343 e. The molecule has 262 valence electrons. The Morgan fingerprint density at radius 1 is 0.647 bits per heavy atom. The molecule has 0 saturated heterocycles. The molecule has 0 fully saturated rings. The second kappa shape index (κ2) is 19.4. The molecule has 0 radical (unpaired) electrons. The van der Waals surface area contributed by atoms with Crippen molar-refractivity contribution in [3.05, 3.63) is 131 Å². The molecule has 12 heteroatoms. The topological polar surface area (TPSA) is 148 Å². The minimum atomic E-state index is -0.691. The number of carbonyl (C=O) groups is 4. The molecular weight excluding hydrogens is 656 g/mol. The van der Waals surface area contributed by atoms with E-state index in [1.807, 2.05) is 6.92 Å². The van der Waals surface area contributed by atoms with E-state index in [9.17, 15) is 19.2 Å². The molecule has 0 amide bonds. The van der Waals surface area contributed by atoms with Gasteiger partial charge in [0.1, 0.15) is 28.6 Å². The lowest BCUT2D eigenvalue weighted by Gasteiger charge is -2.10. The van der Waals surface area contributed by atoms with Crippen molar-refractivity contribution >= 4 is 36.3 Å². The molecular formula is C39H36N2O10. The number of carbonyl (C=O) groups excluding carboxylic acids is 4. The standard InChI is InChI=1S/C39H36N2O10/c1-4-36(42)49-23-7-6-22-48-32-19-13-29(14-20-32)37(43)50-33-15-8-27(9-16-33)25-40-41-26-28-10-21-35(34(24-28)39(45)46-3)51-38(44)30-11-17-31(18-12-30)47-5-2/h4,8-21,24-26H,1,5-7,22-23H2,2-3H3/b40-25+,41-26+. The van der Waals surface area contributed by atoms with Gasteiger partial charge in [-0.25, -0.2) is 19.2 Å². The summed E-state index contributed by atoms with van der Waals surface area (Å²) in [6.45, 7) is 6.44. The van der Waals surface area contributed by atoms with Gasteiger partial charge in [-0.1, -0.05) is 6.58 Å². The Labute approximate surface area is 294 Å². The third-order valence-corrected chi connectivity index (χ3v) is 6.89. The normalized spacial score (nSPS) is 10.8. The molecule has 0 heterocycles. The summed E-state index contributed by atoms with van der Waals surface area (Å²) in [5, 5.41) is 8.08. The number of unbranched alkanes of at least 4 members (excludes halogenated alkanes) is 1. The van der Waals surface area contributed by atoms with Gasteiger partial charge < -0.3 is 28.4 Å². The number of ether oxygens (including phenoxy) is 6. The highest BCUT2D eigenvalue weighted by molar-refractivity contribution is 5.98. The van der Waals surface area contributed by atoms with Crippen molar-refractivity contribution < 1.29 is 47.6 Å². The van der Waals surface area contributed by atoms with E-state index in [2.05, 4.69) is 16.8 Å². The Balaban J connectivity index is 1.27. The van der Waals surface area contributed by atoms with Crippen LogP contribution in [0.15, 0.2) is 114 Å². The zero-order chi connectivity index (χ0) is 36.4. The van der Waals surface area contributed by atoms with Gasteiger partial charge in [0.2, 0.25) is 0 Å². The lowest BCUT2D eigenvalue weighted by atomic mass is 10.1. The first-order chi connectivity index (χ1) is 24.8. The maximum Gasteiger partial charge on any atom is 0.343 e. The molecule has 0 aromatic heterocycles. The lowest BCUT2D eigenvalue weighted by molar-refractivity contribution is -0.137. The zero-order valence-corrected chi connectivity index (χ0v) is 28.1. The van der Waals surface area contributed by atoms with E-state index in [4.69, 9.17) is 28.4 Å². The van der Waals surface area contributed by atoms with Crippen molar-refractivity contribution in [3.63, 3.8) is 0 Å². The SMILES string of the molecule is C=CC(=O)OCCCCOc1ccc(C(=O)Oc2ccc(/C=N/N=C/c3ccc(OC(=O)c4ccc(OCC)cc4)c(C(=O)OC)c3)cc2)cc1. The van der Waals surface area contributed by atoms with Crippen molar-refractivity contribution in [2.45, 2.75) is 19.8 Å². The highest BCUT2D eigenvalue weighted by atomic mass is 16.5. The van der Waals surface area contributed by atoms with Crippen LogP contribution in [0.4, 0.5) is 0 Å². The first-order valence-electron chi connectivity index (χ1n) is 15.9. The quantitative estimate of drug-likeness (QED) is 0.0294. The van der Waals surface area contributed by atoms with Gasteiger partial charge in [-0.2, -0.15) is 10.2 Å². The summed E-state index contributed by atoms with van der Waals surface area (Å²) in [7, 11) is 1.23. The molecule has 0 aliphatic carbocycles. The highest BCUT2D eigenvalue weighted by Crippen LogP contribution is 2.23. The van der Waals surface area contributed by atoms with Crippen LogP contribution in [0.25, 0.3) is 0 Å². The summed E-state index contributed by atoms with van der Waals surface area (Å²) in [6, 6.07) is 24.3. The average molecular weight is 693 g/mol. The fourth-order valence-electron chi connectivity index (χ4n) is 4.30. The summed E-state index contributed by atoms with van der Waals surface area (Å²) in [6.07, 6.45) is 5.40. The van der Waals surface area contributed by atoms with Crippen molar-refractivity contribution in [2.75, 3.05) is 26.9 Å². The second-order valence-corrected chi connectivity index (χ2v) is 10.5. The van der Waals surface area contributed by atoms with Crippen LogP contribution >= 0.6 is 0 Å². The number of rotatable bonds is 17. The number of benzene rings is 4. The minimum Gasteiger partial charge on any atom is -0.494 e. The van der Waals surface area contributed by atoms with Crippen LogP contribution in [0.2, 0.25) is 0 Å². The minimum absolute atomic E-state index is 0.0298. The zero-order valence-electron chi connectivity index (χ0n) is 28.1. The molecule has 0 aliphatic heterocycles. The fourth-order valence-corrected chi connectivity index (χ4v) is 4.30. The summed E-state index contributed by atoms with van der Waals surface area (Å²) in [5.74, 6) is -0.722. The van der Waals surface area contributed by atoms with Crippen LogP contribution in [-0.2, 0) is 14.3 Å². The van der Waals surface area contributed by atoms with Crippen LogP contribution < -0.4 is 18.9 Å². The Bertz CT molecular complexity index is 1870. The molecule has 0 aliphatic rings. The third-order valence-electron chi connectivity index (χ3n) is 6.89. The van der Waals surface area contributed by atoms with E-state index >= 15 is 0 Å². The van der Waals surface area contributed by atoms with Crippen LogP contribution in [-0.4, -0.2) is 63.2 Å². The Kier molecular flexibility index (Phi) is 14.2. The van der Waals surface area contributed by atoms with Crippen molar-refractivity contribution in [3.8, 4) is 23.0 Å². The molecule has 0 spiro atoms. The molecule has 0 saturated carbocycles. The van der Waals surface area contributed by atoms with Gasteiger partial charge in [-0.3, -0.25) is 0 Å². The largest absolute Gasteiger partial charge is 0.494 e. The maximum absolute atomic E-state index is 12.7. The fraction of sp³-hybridized carbons (Fsp3) is 0.179. The first kappa shape index (κ1) is 37.3. The van der Waals surface area contributed by atoms with E-state index in [1.165, 1.54) is 31.7 Å². The summed E-state index contributed by atoms with van der Waals surface area (Å²) >= 11 is 0. The molecule has 4 rings (SSSR count). The van der Waals surface area contributed by atoms with Crippen LogP contribution in [0.3, 0.4) is 0 Å². The Morgan fingerprint density at radius 3 is 1.80 bits per heavy atom. The first-order valence-corrected chi connectivity index (χ1v) is 15.9. The van der Waals surface area contributed by atoms with Crippen molar-refractivity contribution in [1.82, 2.24) is 0 Å². The molecule has 0 atom stereocenters. The maximum atomic E-state index is 12.7. The molecule has 4 aromatic rings. The van der Waals surface area contributed by atoms with E-state index in [0.717, 1.165) is 6.08 Å². The third kappa shape index (κ3) is 11.8. The Hall–Kier alpha value is -6.56. The monoisotopic (exact) mass is 692 g/mol. The van der Waals surface area contributed by atoms with E-state index in [1.54, 1.807) is 78.9 Å². The second-order valence-electron chi connectivity index (χ2n) is 10.5. The van der Waals surface area contributed by atoms with Crippen LogP contribution in [0.1, 0.15) is 62.0 Å². The van der Waals surface area contributed by atoms with E-state index in [0.29, 0.717) is 66.6 Å². The predicted octanol–water partition coefficient (Wildman–Crippen LogP) is 6.65. The number of methoxy groups -OCH3 is 1. The van der Waals surface area contributed by atoms with Crippen LogP contribution in [0.5, 0.6) is 23.0 Å². The van der Waals surface area contributed by atoms with Gasteiger partial charge >= 0.3 is 23.9 Å². The van der Waals surface area contributed by atoms with Gasteiger partial charge in [-0.05, 0) is 122 Å². The summed E-state index contributed by atoms with van der Waals surface area (Å²) in [4.78, 5) is 48.8. The highest BCUT2D eigenvalue weighted by Gasteiger charge is 2.18. The van der Waals surface area contributed by atoms with Gasteiger partial charge in [0.05, 0.1) is 50.5 Å².